The molecule has 2 aliphatic rings. The third-order valence-corrected chi connectivity index (χ3v) is 7.30. The fourth-order valence-electron chi connectivity index (χ4n) is 5.72. The summed E-state index contributed by atoms with van der Waals surface area (Å²) in [6.45, 7) is 8.50. The van der Waals surface area contributed by atoms with E-state index in [0.29, 0.717) is 24.2 Å². The van der Waals surface area contributed by atoms with Crippen molar-refractivity contribution in [1.29, 1.82) is 0 Å². The smallest absolute Gasteiger partial charge is 0.328 e. The van der Waals surface area contributed by atoms with Crippen LogP contribution in [0.4, 0.5) is 13.2 Å². The lowest BCUT2D eigenvalue weighted by Gasteiger charge is -2.42. The van der Waals surface area contributed by atoms with Gasteiger partial charge in [-0.15, -0.1) is 0 Å². The summed E-state index contributed by atoms with van der Waals surface area (Å²) < 4.78 is 41.7. The Morgan fingerprint density at radius 1 is 1.23 bits per heavy atom. The minimum absolute atomic E-state index is 0.0696. The van der Waals surface area contributed by atoms with Crippen molar-refractivity contribution in [3.8, 4) is 0 Å². The summed E-state index contributed by atoms with van der Waals surface area (Å²) in [4.78, 5) is 0. The molecule has 6 unspecified atom stereocenters. The molecule has 0 aromatic rings. The molecule has 0 heterocycles. The first-order valence-electron chi connectivity index (χ1n) is 10.7. The van der Waals surface area contributed by atoms with E-state index in [1.54, 1.807) is 0 Å². The molecule has 1 fully saturated rings. The largest absolute Gasteiger partial charge is 0.391 e. The maximum Gasteiger partial charge on any atom is 0.391 e. The van der Waals surface area contributed by atoms with Gasteiger partial charge in [0.1, 0.15) is 0 Å². The van der Waals surface area contributed by atoms with E-state index in [4.69, 9.17) is 5.73 Å². The van der Waals surface area contributed by atoms with Gasteiger partial charge in [-0.25, -0.2) is 0 Å². The number of hydrogen-bond acceptors (Lipinski definition) is 1. The minimum atomic E-state index is -4.16. The zero-order chi connectivity index (χ0) is 19.5. The van der Waals surface area contributed by atoms with Crippen LogP contribution in [-0.4, -0.2) is 12.2 Å². The molecule has 4 heteroatoms. The summed E-state index contributed by atoms with van der Waals surface area (Å²) in [5.74, 6) is 0.202. The molecule has 0 saturated heterocycles. The summed E-state index contributed by atoms with van der Waals surface area (Å²) >= 11 is 0. The summed E-state index contributed by atoms with van der Waals surface area (Å²) in [5.41, 5.74) is 7.10. The highest BCUT2D eigenvalue weighted by molar-refractivity contribution is 5.26. The molecule has 1 saturated carbocycles. The molecular formula is C22H38F3N. The second-order valence-electron chi connectivity index (χ2n) is 9.15. The quantitative estimate of drug-likeness (QED) is 0.462. The fraction of sp³-hybridized carbons (Fsp3) is 0.909. The minimum Gasteiger partial charge on any atom is -0.328 e. The Kier molecular flexibility index (Phi) is 7.26. The third kappa shape index (κ3) is 4.66. The molecule has 0 aromatic heterocycles. The van der Waals surface area contributed by atoms with Gasteiger partial charge in [0.25, 0.3) is 0 Å². The number of halogens is 3. The molecule has 152 valence electrons. The molecular weight excluding hydrogens is 335 g/mol. The van der Waals surface area contributed by atoms with Crippen molar-refractivity contribution in [3.63, 3.8) is 0 Å². The highest BCUT2D eigenvalue weighted by Gasteiger charge is 2.51. The molecule has 0 bridgehead atoms. The number of allylic oxidation sites excluding steroid dienone is 2. The van der Waals surface area contributed by atoms with Gasteiger partial charge in [0, 0.05) is 6.04 Å². The van der Waals surface area contributed by atoms with Gasteiger partial charge in [0.05, 0.1) is 5.92 Å². The first kappa shape index (κ1) is 21.8. The van der Waals surface area contributed by atoms with Gasteiger partial charge in [0.15, 0.2) is 0 Å². The number of hydrogen-bond donors (Lipinski definition) is 1. The van der Waals surface area contributed by atoms with Crippen LogP contribution in [0.25, 0.3) is 0 Å². The summed E-state index contributed by atoms with van der Waals surface area (Å²) in [6, 6.07) is -0.351. The van der Waals surface area contributed by atoms with Crippen LogP contribution in [0.5, 0.6) is 0 Å². The van der Waals surface area contributed by atoms with Gasteiger partial charge in [-0.1, -0.05) is 52.2 Å². The van der Waals surface area contributed by atoms with Crippen LogP contribution in [0.2, 0.25) is 0 Å². The van der Waals surface area contributed by atoms with Crippen molar-refractivity contribution in [2.75, 3.05) is 0 Å². The highest BCUT2D eigenvalue weighted by atomic mass is 19.4. The van der Waals surface area contributed by atoms with Crippen LogP contribution in [-0.2, 0) is 0 Å². The van der Waals surface area contributed by atoms with Crippen LogP contribution in [0.3, 0.4) is 0 Å². The molecule has 26 heavy (non-hydrogen) atoms. The van der Waals surface area contributed by atoms with E-state index in [2.05, 4.69) is 26.8 Å². The molecule has 0 aliphatic heterocycles. The number of alkyl halides is 3. The average Bonchev–Trinajstić information content (AvgIpc) is 3.10. The molecule has 2 rings (SSSR count). The van der Waals surface area contributed by atoms with Crippen LogP contribution in [0.1, 0.15) is 85.5 Å². The van der Waals surface area contributed by atoms with Gasteiger partial charge < -0.3 is 5.73 Å². The Balaban J connectivity index is 2.25. The van der Waals surface area contributed by atoms with E-state index in [1.807, 2.05) is 6.92 Å². The molecule has 0 radical (unpaired) electrons. The van der Waals surface area contributed by atoms with Gasteiger partial charge >= 0.3 is 6.18 Å². The Morgan fingerprint density at radius 3 is 2.42 bits per heavy atom. The second kappa shape index (κ2) is 8.67. The van der Waals surface area contributed by atoms with Crippen LogP contribution < -0.4 is 5.73 Å². The molecule has 0 aromatic carbocycles. The number of rotatable bonds is 8. The monoisotopic (exact) mass is 373 g/mol. The molecule has 6 atom stereocenters. The highest BCUT2D eigenvalue weighted by Crippen LogP contribution is 2.58. The molecule has 2 aliphatic carbocycles. The Hall–Kier alpha value is -0.510. The lowest BCUT2D eigenvalue weighted by molar-refractivity contribution is -0.187. The normalized spacial score (nSPS) is 34.8. The maximum absolute atomic E-state index is 13.9. The topological polar surface area (TPSA) is 26.0 Å². The van der Waals surface area contributed by atoms with Gasteiger partial charge in [0.2, 0.25) is 0 Å². The lowest BCUT2D eigenvalue weighted by atomic mass is 9.63. The average molecular weight is 374 g/mol. The molecule has 2 N–H and O–H groups in total. The Bertz CT molecular complexity index is 484. The van der Waals surface area contributed by atoms with Crippen molar-refractivity contribution in [3.05, 3.63) is 11.6 Å². The predicted molar refractivity (Wildman–Crippen MR) is 103 cm³/mol. The lowest BCUT2D eigenvalue weighted by Crippen LogP contribution is -2.39. The first-order chi connectivity index (χ1) is 12.1. The summed E-state index contributed by atoms with van der Waals surface area (Å²) in [7, 11) is 0. The predicted octanol–water partition coefficient (Wildman–Crippen LogP) is 6.87. The maximum atomic E-state index is 13.9. The first-order valence-corrected chi connectivity index (χ1v) is 10.7. The zero-order valence-electron chi connectivity index (χ0n) is 17.0. The van der Waals surface area contributed by atoms with E-state index >= 15 is 0 Å². The van der Waals surface area contributed by atoms with Gasteiger partial charge in [-0.05, 0) is 68.1 Å². The standard InChI is InChI=1S/C22H38F3N/c1-5-7-19(26)13-18(22(23,24)25)14-21(6-2)16(4)9-11-20(21)17-10-8-15(3)12-17/h11,15-19H,5-10,12-14,26H2,1-4H3. The van der Waals surface area contributed by atoms with E-state index in [9.17, 15) is 13.2 Å². The Morgan fingerprint density at radius 2 is 1.92 bits per heavy atom. The van der Waals surface area contributed by atoms with E-state index in [-0.39, 0.29) is 24.3 Å². The third-order valence-electron chi connectivity index (χ3n) is 7.30. The van der Waals surface area contributed by atoms with Crippen molar-refractivity contribution in [2.45, 2.75) is 97.7 Å². The Labute approximate surface area is 158 Å². The second-order valence-corrected chi connectivity index (χ2v) is 9.15. The van der Waals surface area contributed by atoms with Crippen LogP contribution >= 0.6 is 0 Å². The summed E-state index contributed by atoms with van der Waals surface area (Å²) in [5, 5.41) is 0. The van der Waals surface area contributed by atoms with Crippen molar-refractivity contribution < 1.29 is 13.2 Å². The van der Waals surface area contributed by atoms with Crippen molar-refractivity contribution in [1.82, 2.24) is 0 Å². The van der Waals surface area contributed by atoms with E-state index < -0.39 is 12.1 Å². The molecule has 0 spiro atoms. The summed E-state index contributed by atoms with van der Waals surface area (Å²) in [6.07, 6.45) is 5.18. The molecule has 0 amide bonds. The van der Waals surface area contributed by atoms with E-state index in [1.165, 1.54) is 12.0 Å². The van der Waals surface area contributed by atoms with E-state index in [0.717, 1.165) is 32.1 Å². The van der Waals surface area contributed by atoms with Crippen molar-refractivity contribution in [2.24, 2.45) is 34.8 Å². The van der Waals surface area contributed by atoms with Crippen LogP contribution in [0, 0.1) is 29.1 Å². The van der Waals surface area contributed by atoms with Gasteiger partial charge in [-0.3, -0.25) is 0 Å². The fourth-order valence-corrected chi connectivity index (χ4v) is 5.72. The molecule has 1 nitrogen and oxygen atoms in total. The SMILES string of the molecule is CCCC(N)CC(CC1(CC)C(C2CCC(C)C2)=CCC1C)C(F)(F)F. The van der Waals surface area contributed by atoms with Crippen LogP contribution in [0.15, 0.2) is 11.6 Å². The zero-order valence-corrected chi connectivity index (χ0v) is 17.0. The number of nitrogens with two attached hydrogens (primary N) is 1. The van der Waals surface area contributed by atoms with Gasteiger partial charge in [-0.2, -0.15) is 13.2 Å². The van der Waals surface area contributed by atoms with Crippen molar-refractivity contribution >= 4 is 0 Å².